The summed E-state index contributed by atoms with van der Waals surface area (Å²) in [7, 11) is 0. The Labute approximate surface area is 123 Å². The fraction of sp³-hybridized carbons (Fsp3) is 0.714. The Morgan fingerprint density at radius 2 is 2.20 bits per heavy atom. The van der Waals surface area contributed by atoms with Gasteiger partial charge in [-0.05, 0) is 26.2 Å². The SMILES string of the molecule is CCc1nc(CCNC(=O)C2(N)CCOCC2)sc1C. The van der Waals surface area contributed by atoms with Crippen molar-refractivity contribution < 1.29 is 9.53 Å². The molecule has 2 rings (SSSR count). The molecular weight excluding hydrogens is 274 g/mol. The predicted molar refractivity (Wildman–Crippen MR) is 79.9 cm³/mol. The van der Waals surface area contributed by atoms with Gasteiger partial charge in [-0.2, -0.15) is 0 Å². The van der Waals surface area contributed by atoms with E-state index in [0.717, 1.165) is 23.5 Å². The highest BCUT2D eigenvalue weighted by Crippen LogP contribution is 2.19. The van der Waals surface area contributed by atoms with Gasteiger partial charge in [-0.15, -0.1) is 11.3 Å². The molecule has 3 N–H and O–H groups in total. The largest absolute Gasteiger partial charge is 0.381 e. The molecule has 0 radical (unpaired) electrons. The van der Waals surface area contributed by atoms with Gasteiger partial charge >= 0.3 is 0 Å². The zero-order valence-electron chi connectivity index (χ0n) is 12.2. The number of nitrogens with two attached hydrogens (primary N) is 1. The maximum absolute atomic E-state index is 12.1. The Hall–Kier alpha value is -0.980. The molecule has 1 aliphatic rings. The number of rotatable bonds is 5. The Bertz CT molecular complexity index is 467. The van der Waals surface area contributed by atoms with E-state index in [2.05, 4.69) is 24.1 Å². The minimum absolute atomic E-state index is 0.0650. The molecule has 1 fully saturated rings. The monoisotopic (exact) mass is 297 g/mol. The van der Waals surface area contributed by atoms with Gasteiger partial charge < -0.3 is 15.8 Å². The van der Waals surface area contributed by atoms with Crippen LogP contribution in [0.3, 0.4) is 0 Å². The van der Waals surface area contributed by atoms with E-state index in [1.54, 1.807) is 11.3 Å². The van der Waals surface area contributed by atoms with Crippen LogP contribution in [0.2, 0.25) is 0 Å². The van der Waals surface area contributed by atoms with Gasteiger partial charge in [0.1, 0.15) is 0 Å². The fourth-order valence-electron chi connectivity index (χ4n) is 2.34. The molecule has 1 aromatic rings. The molecule has 6 heteroatoms. The van der Waals surface area contributed by atoms with Gasteiger partial charge in [0.05, 0.1) is 16.2 Å². The number of ether oxygens (including phenoxy) is 1. The summed E-state index contributed by atoms with van der Waals surface area (Å²) in [5.74, 6) is -0.0650. The third-order valence-electron chi connectivity index (χ3n) is 3.73. The van der Waals surface area contributed by atoms with Crippen molar-refractivity contribution in [3.8, 4) is 0 Å². The molecule has 112 valence electrons. The van der Waals surface area contributed by atoms with Gasteiger partial charge in [0, 0.05) is 31.1 Å². The number of aryl methyl sites for hydroxylation is 2. The first-order chi connectivity index (χ1) is 9.55. The number of aromatic nitrogens is 1. The van der Waals surface area contributed by atoms with Gasteiger partial charge in [0.2, 0.25) is 5.91 Å². The zero-order chi connectivity index (χ0) is 14.6. The van der Waals surface area contributed by atoms with Crippen molar-refractivity contribution >= 4 is 17.2 Å². The Morgan fingerprint density at radius 1 is 1.50 bits per heavy atom. The van der Waals surface area contributed by atoms with Crippen molar-refractivity contribution in [1.29, 1.82) is 0 Å². The average Bonchev–Trinajstić information content (AvgIpc) is 2.80. The highest BCUT2D eigenvalue weighted by atomic mass is 32.1. The topological polar surface area (TPSA) is 77.2 Å². The first-order valence-electron chi connectivity index (χ1n) is 7.15. The summed E-state index contributed by atoms with van der Waals surface area (Å²) in [6, 6.07) is 0. The van der Waals surface area contributed by atoms with Gasteiger partial charge in [-0.3, -0.25) is 4.79 Å². The normalized spacial score (nSPS) is 17.9. The lowest BCUT2D eigenvalue weighted by atomic mass is 9.90. The lowest BCUT2D eigenvalue weighted by molar-refractivity contribution is -0.129. The maximum atomic E-state index is 12.1. The summed E-state index contributed by atoms with van der Waals surface area (Å²) in [6.07, 6.45) is 2.91. The summed E-state index contributed by atoms with van der Waals surface area (Å²) in [4.78, 5) is 18.0. The van der Waals surface area contributed by atoms with E-state index in [9.17, 15) is 4.79 Å². The molecule has 20 heavy (non-hydrogen) atoms. The van der Waals surface area contributed by atoms with Crippen molar-refractivity contribution in [2.45, 2.75) is 45.1 Å². The molecule has 0 saturated carbocycles. The van der Waals surface area contributed by atoms with Crippen LogP contribution < -0.4 is 11.1 Å². The molecule has 0 bridgehead atoms. The van der Waals surface area contributed by atoms with Crippen molar-refractivity contribution in [1.82, 2.24) is 10.3 Å². The minimum Gasteiger partial charge on any atom is -0.381 e. The average molecular weight is 297 g/mol. The third-order valence-corrected chi connectivity index (χ3v) is 4.81. The highest BCUT2D eigenvalue weighted by Gasteiger charge is 2.35. The van der Waals surface area contributed by atoms with Gasteiger partial charge in [-0.25, -0.2) is 4.98 Å². The number of hydrogen-bond acceptors (Lipinski definition) is 5. The number of hydrogen-bond donors (Lipinski definition) is 2. The second-order valence-corrected chi connectivity index (χ2v) is 6.53. The van der Waals surface area contributed by atoms with Gasteiger partial charge in [0.15, 0.2) is 0 Å². The first kappa shape index (κ1) is 15.4. The Morgan fingerprint density at radius 3 is 2.80 bits per heavy atom. The summed E-state index contributed by atoms with van der Waals surface area (Å²) >= 11 is 1.71. The van der Waals surface area contributed by atoms with Crippen LogP contribution in [-0.2, 0) is 22.4 Å². The van der Waals surface area contributed by atoms with E-state index in [4.69, 9.17) is 10.5 Å². The first-order valence-corrected chi connectivity index (χ1v) is 7.97. The van der Waals surface area contributed by atoms with Gasteiger partial charge in [0.25, 0.3) is 0 Å². The fourth-order valence-corrected chi connectivity index (χ4v) is 3.37. The number of nitrogens with zero attached hydrogens (tertiary/aromatic N) is 1. The van der Waals surface area contributed by atoms with Gasteiger partial charge in [-0.1, -0.05) is 6.92 Å². The lowest BCUT2D eigenvalue weighted by Gasteiger charge is -2.31. The summed E-state index contributed by atoms with van der Waals surface area (Å²) in [5.41, 5.74) is 6.53. The molecule has 0 atom stereocenters. The van der Waals surface area contributed by atoms with Crippen LogP contribution in [0.15, 0.2) is 0 Å². The lowest BCUT2D eigenvalue weighted by Crippen LogP contribution is -2.57. The second kappa shape index (κ2) is 6.65. The van der Waals surface area contributed by atoms with Crippen LogP contribution in [0, 0.1) is 6.92 Å². The molecular formula is C14H23N3O2S. The molecule has 0 spiro atoms. The Balaban J connectivity index is 1.81. The summed E-state index contributed by atoms with van der Waals surface area (Å²) < 4.78 is 5.25. The summed E-state index contributed by atoms with van der Waals surface area (Å²) in [6.45, 7) is 5.92. The predicted octanol–water partition coefficient (Wildman–Crippen LogP) is 1.18. The maximum Gasteiger partial charge on any atom is 0.240 e. The molecule has 1 aliphatic heterocycles. The van der Waals surface area contributed by atoms with Crippen LogP contribution in [0.25, 0.3) is 0 Å². The van der Waals surface area contributed by atoms with Crippen LogP contribution >= 0.6 is 11.3 Å². The van der Waals surface area contributed by atoms with Crippen molar-refractivity contribution in [2.24, 2.45) is 5.73 Å². The van der Waals surface area contributed by atoms with Crippen molar-refractivity contribution in [3.05, 3.63) is 15.6 Å². The van der Waals surface area contributed by atoms with E-state index >= 15 is 0 Å². The summed E-state index contributed by atoms with van der Waals surface area (Å²) in [5, 5.41) is 4.02. The van der Waals surface area contributed by atoms with Crippen molar-refractivity contribution in [2.75, 3.05) is 19.8 Å². The smallest absolute Gasteiger partial charge is 0.240 e. The molecule has 2 heterocycles. The second-order valence-electron chi connectivity index (χ2n) is 5.24. The number of nitrogens with one attached hydrogen (secondary N) is 1. The van der Waals surface area contributed by atoms with E-state index in [1.165, 1.54) is 4.88 Å². The quantitative estimate of drug-likeness (QED) is 0.855. The molecule has 1 saturated heterocycles. The van der Waals surface area contributed by atoms with Crippen molar-refractivity contribution in [3.63, 3.8) is 0 Å². The molecule has 1 amide bonds. The third kappa shape index (κ3) is 3.56. The zero-order valence-corrected chi connectivity index (χ0v) is 13.0. The van der Waals surface area contributed by atoms with Crippen LogP contribution in [-0.4, -0.2) is 36.2 Å². The number of carbonyl (C=O) groups is 1. The highest BCUT2D eigenvalue weighted by molar-refractivity contribution is 7.11. The number of carbonyl (C=O) groups excluding carboxylic acids is 1. The number of thiazole rings is 1. The molecule has 0 aromatic carbocycles. The standard InChI is InChI=1S/C14H23N3O2S/c1-3-11-10(2)20-12(17-11)4-7-16-13(18)14(15)5-8-19-9-6-14/h3-9,15H2,1-2H3,(H,16,18). The van der Waals surface area contributed by atoms with E-state index < -0.39 is 5.54 Å². The van der Waals surface area contributed by atoms with Crippen LogP contribution in [0.5, 0.6) is 0 Å². The van der Waals surface area contributed by atoms with E-state index in [0.29, 0.717) is 32.6 Å². The molecule has 1 aromatic heterocycles. The minimum atomic E-state index is -0.758. The van der Waals surface area contributed by atoms with E-state index in [1.807, 2.05) is 0 Å². The van der Waals surface area contributed by atoms with Crippen LogP contribution in [0.1, 0.15) is 35.3 Å². The van der Waals surface area contributed by atoms with Crippen LogP contribution in [0.4, 0.5) is 0 Å². The molecule has 0 aliphatic carbocycles. The Kier molecular flexibility index (Phi) is 5.12. The molecule has 5 nitrogen and oxygen atoms in total. The molecule has 0 unspecified atom stereocenters. The van der Waals surface area contributed by atoms with E-state index in [-0.39, 0.29) is 5.91 Å². The number of amides is 1.